The lowest BCUT2D eigenvalue weighted by Crippen LogP contribution is -2.09. The van der Waals surface area contributed by atoms with Crippen molar-refractivity contribution in [1.82, 2.24) is 0 Å². The molecule has 106 valence electrons. The van der Waals surface area contributed by atoms with Gasteiger partial charge in [-0.2, -0.15) is 0 Å². The molecular weight excluding hydrogens is 245 g/mol. The molecule has 1 unspecified atom stereocenters. The Balaban J connectivity index is 2.46. The van der Waals surface area contributed by atoms with Gasteiger partial charge in [-0.05, 0) is 43.0 Å². The highest BCUT2D eigenvalue weighted by Gasteiger charge is 2.09. The molecule has 0 amide bonds. The van der Waals surface area contributed by atoms with Crippen molar-refractivity contribution in [1.29, 1.82) is 0 Å². The van der Waals surface area contributed by atoms with Crippen LogP contribution in [0.15, 0.2) is 18.2 Å². The van der Waals surface area contributed by atoms with Crippen LogP contribution in [0.2, 0.25) is 0 Å². The van der Waals surface area contributed by atoms with Crippen molar-refractivity contribution in [3.8, 4) is 5.75 Å². The van der Waals surface area contributed by atoms with Gasteiger partial charge in [0.1, 0.15) is 5.78 Å². The zero-order valence-electron chi connectivity index (χ0n) is 11.6. The number of halogens is 1. The molecule has 0 spiro atoms. The number of methoxy groups -OCH3 is 1. The smallest absolute Gasteiger partial charge is 0.165 e. The summed E-state index contributed by atoms with van der Waals surface area (Å²) in [6.45, 7) is 2.74. The van der Waals surface area contributed by atoms with Crippen LogP contribution in [0.1, 0.15) is 31.7 Å². The fourth-order valence-corrected chi connectivity index (χ4v) is 1.97. The zero-order valence-corrected chi connectivity index (χ0v) is 11.6. The van der Waals surface area contributed by atoms with Crippen molar-refractivity contribution in [2.75, 3.05) is 13.7 Å². The summed E-state index contributed by atoms with van der Waals surface area (Å²) < 4.78 is 18.3. The van der Waals surface area contributed by atoms with Gasteiger partial charge in [-0.1, -0.05) is 13.0 Å². The molecule has 0 bridgehead atoms. The van der Waals surface area contributed by atoms with E-state index in [0.29, 0.717) is 24.4 Å². The number of nitrogens with two attached hydrogens (primary N) is 1. The number of rotatable bonds is 8. The molecule has 0 radical (unpaired) electrons. The van der Waals surface area contributed by atoms with Crippen molar-refractivity contribution < 1.29 is 13.9 Å². The van der Waals surface area contributed by atoms with E-state index in [9.17, 15) is 9.18 Å². The number of Topliss-reactive ketones (excluding diaryl/α,β-unsaturated/α-hetero) is 1. The van der Waals surface area contributed by atoms with Crippen LogP contribution in [0.4, 0.5) is 4.39 Å². The van der Waals surface area contributed by atoms with Gasteiger partial charge in [0.25, 0.3) is 0 Å². The third-order valence-electron chi connectivity index (χ3n) is 3.19. The van der Waals surface area contributed by atoms with Crippen LogP contribution in [-0.2, 0) is 11.2 Å². The van der Waals surface area contributed by atoms with Gasteiger partial charge in [-0.25, -0.2) is 4.39 Å². The topological polar surface area (TPSA) is 52.3 Å². The molecule has 0 fully saturated rings. The van der Waals surface area contributed by atoms with Gasteiger partial charge in [0.15, 0.2) is 11.6 Å². The van der Waals surface area contributed by atoms with E-state index in [1.54, 1.807) is 12.1 Å². The molecule has 0 aliphatic heterocycles. The number of carbonyl (C=O) groups excluding carboxylic acids is 1. The quantitative estimate of drug-likeness (QED) is 0.788. The minimum absolute atomic E-state index is 0.133. The zero-order chi connectivity index (χ0) is 14.3. The van der Waals surface area contributed by atoms with E-state index < -0.39 is 5.82 Å². The second-order valence-corrected chi connectivity index (χ2v) is 4.91. The standard InChI is InChI=1S/C15H22FNO2/c1-11(7-8-17)3-5-13(18)9-12-4-6-15(19-2)14(16)10-12/h4,6,10-11H,3,5,7-9,17H2,1-2H3. The maximum atomic E-state index is 13.5. The van der Waals surface area contributed by atoms with Crippen LogP contribution in [0, 0.1) is 11.7 Å². The van der Waals surface area contributed by atoms with Crippen LogP contribution in [0.5, 0.6) is 5.75 Å². The number of ether oxygens (including phenoxy) is 1. The molecule has 0 aromatic heterocycles. The molecule has 4 heteroatoms. The van der Waals surface area contributed by atoms with Crippen molar-refractivity contribution in [2.24, 2.45) is 11.7 Å². The molecule has 1 aromatic rings. The molecule has 0 aliphatic rings. The maximum absolute atomic E-state index is 13.5. The Hall–Kier alpha value is -1.42. The Morgan fingerprint density at radius 3 is 2.74 bits per heavy atom. The highest BCUT2D eigenvalue weighted by atomic mass is 19.1. The van der Waals surface area contributed by atoms with Crippen LogP contribution in [-0.4, -0.2) is 19.4 Å². The average Bonchev–Trinajstić information content (AvgIpc) is 2.37. The second kappa shape index (κ2) is 7.89. The van der Waals surface area contributed by atoms with Crippen molar-refractivity contribution in [3.63, 3.8) is 0 Å². The summed E-state index contributed by atoms with van der Waals surface area (Å²) in [5, 5.41) is 0. The molecule has 1 rings (SSSR count). The summed E-state index contributed by atoms with van der Waals surface area (Å²) in [7, 11) is 1.42. The fraction of sp³-hybridized carbons (Fsp3) is 0.533. The first-order valence-electron chi connectivity index (χ1n) is 6.61. The molecule has 0 saturated carbocycles. The Morgan fingerprint density at radius 2 is 2.16 bits per heavy atom. The number of carbonyl (C=O) groups is 1. The van der Waals surface area contributed by atoms with Crippen molar-refractivity contribution >= 4 is 5.78 Å². The van der Waals surface area contributed by atoms with Gasteiger partial charge in [-0.3, -0.25) is 4.79 Å². The van der Waals surface area contributed by atoms with Crippen molar-refractivity contribution in [2.45, 2.75) is 32.6 Å². The molecule has 0 aliphatic carbocycles. The normalized spacial score (nSPS) is 12.2. The largest absolute Gasteiger partial charge is 0.494 e. The van der Waals surface area contributed by atoms with E-state index in [1.807, 2.05) is 0 Å². The number of benzene rings is 1. The summed E-state index contributed by atoms with van der Waals surface area (Å²) in [4.78, 5) is 11.8. The maximum Gasteiger partial charge on any atom is 0.165 e. The lowest BCUT2D eigenvalue weighted by molar-refractivity contribution is -0.118. The van der Waals surface area contributed by atoms with Crippen LogP contribution in [0.3, 0.4) is 0 Å². The van der Waals surface area contributed by atoms with Crippen molar-refractivity contribution in [3.05, 3.63) is 29.6 Å². The Bertz CT molecular complexity index is 421. The SMILES string of the molecule is COc1ccc(CC(=O)CCC(C)CCN)cc1F. The van der Waals surface area contributed by atoms with Gasteiger partial charge in [0.2, 0.25) is 0 Å². The van der Waals surface area contributed by atoms with E-state index >= 15 is 0 Å². The molecule has 0 saturated heterocycles. The van der Waals surface area contributed by atoms with Crippen LogP contribution >= 0.6 is 0 Å². The average molecular weight is 267 g/mol. The van der Waals surface area contributed by atoms with Gasteiger partial charge in [-0.15, -0.1) is 0 Å². The lowest BCUT2D eigenvalue weighted by atomic mass is 9.98. The second-order valence-electron chi connectivity index (χ2n) is 4.91. The van der Waals surface area contributed by atoms with Crippen LogP contribution in [0.25, 0.3) is 0 Å². The Labute approximate surface area is 113 Å². The monoisotopic (exact) mass is 267 g/mol. The summed E-state index contributed by atoms with van der Waals surface area (Å²) in [6, 6.07) is 4.64. The Morgan fingerprint density at radius 1 is 1.42 bits per heavy atom. The predicted octanol–water partition coefficient (Wildman–Crippen LogP) is 2.71. The molecule has 2 N–H and O–H groups in total. The fourth-order valence-electron chi connectivity index (χ4n) is 1.97. The van der Waals surface area contributed by atoms with E-state index in [2.05, 4.69) is 6.92 Å². The minimum atomic E-state index is -0.427. The van der Waals surface area contributed by atoms with Gasteiger partial charge < -0.3 is 10.5 Å². The van der Waals surface area contributed by atoms with Gasteiger partial charge >= 0.3 is 0 Å². The van der Waals surface area contributed by atoms with E-state index in [-0.39, 0.29) is 18.0 Å². The number of hydrogen-bond acceptors (Lipinski definition) is 3. The summed E-state index contributed by atoms with van der Waals surface area (Å²) in [6.07, 6.45) is 2.57. The van der Waals surface area contributed by atoms with Gasteiger partial charge in [0, 0.05) is 12.8 Å². The molecule has 0 heterocycles. The highest BCUT2D eigenvalue weighted by Crippen LogP contribution is 2.19. The minimum Gasteiger partial charge on any atom is -0.494 e. The third kappa shape index (κ3) is 5.39. The molecule has 3 nitrogen and oxygen atoms in total. The molecule has 19 heavy (non-hydrogen) atoms. The molecule has 1 aromatic carbocycles. The summed E-state index contributed by atoms with van der Waals surface area (Å²) in [5.74, 6) is 0.368. The first kappa shape index (κ1) is 15.6. The predicted molar refractivity (Wildman–Crippen MR) is 73.7 cm³/mol. The summed E-state index contributed by atoms with van der Waals surface area (Å²) >= 11 is 0. The highest BCUT2D eigenvalue weighted by molar-refractivity contribution is 5.80. The molecular formula is C15H22FNO2. The van der Waals surface area contributed by atoms with E-state index in [4.69, 9.17) is 10.5 Å². The molecule has 1 atom stereocenters. The number of hydrogen-bond donors (Lipinski definition) is 1. The Kier molecular flexibility index (Phi) is 6.50. The van der Waals surface area contributed by atoms with Crippen LogP contribution < -0.4 is 10.5 Å². The number of ketones is 1. The van der Waals surface area contributed by atoms with Gasteiger partial charge in [0.05, 0.1) is 7.11 Å². The first-order valence-corrected chi connectivity index (χ1v) is 6.61. The summed E-state index contributed by atoms with van der Waals surface area (Å²) in [5.41, 5.74) is 6.15. The first-order chi connectivity index (χ1) is 9.06. The van der Waals surface area contributed by atoms with E-state index in [0.717, 1.165) is 12.8 Å². The lowest BCUT2D eigenvalue weighted by Gasteiger charge is -2.09. The third-order valence-corrected chi connectivity index (χ3v) is 3.19. The van der Waals surface area contributed by atoms with E-state index in [1.165, 1.54) is 13.2 Å².